The van der Waals surface area contributed by atoms with Crippen LogP contribution in [0.4, 0.5) is 8.78 Å². The summed E-state index contributed by atoms with van der Waals surface area (Å²) in [5, 5.41) is 0. The Balaban J connectivity index is 3.94. The van der Waals surface area contributed by atoms with Crippen molar-refractivity contribution in [2.24, 2.45) is 4.99 Å². The molecule has 13 heavy (non-hydrogen) atoms. The fourth-order valence-corrected chi connectivity index (χ4v) is 0.429. The first-order valence-electron chi connectivity index (χ1n) is 3.22. The summed E-state index contributed by atoms with van der Waals surface area (Å²) in [5.41, 5.74) is 0. The lowest BCUT2D eigenvalue weighted by Gasteiger charge is -2.11. The molecule has 0 fully saturated rings. The van der Waals surface area contributed by atoms with Crippen LogP contribution in [0.5, 0.6) is 0 Å². The van der Waals surface area contributed by atoms with Gasteiger partial charge in [0.1, 0.15) is 6.54 Å². The molecule has 0 aromatic carbocycles. The molecule has 0 radical (unpaired) electrons. The molecule has 0 heterocycles. The van der Waals surface area contributed by atoms with Crippen LogP contribution in [0, 0.1) is 0 Å². The molecule has 0 atom stereocenters. The topological polar surface area (TPSA) is 55.7 Å². The third kappa shape index (κ3) is 5.69. The smallest absolute Gasteiger partial charge is 0.330 e. The number of carbonyl (C=O) groups excluding carboxylic acids is 2. The van der Waals surface area contributed by atoms with Gasteiger partial charge in [0.25, 0.3) is 0 Å². The van der Waals surface area contributed by atoms with E-state index < -0.39 is 25.0 Å². The predicted molar refractivity (Wildman–Crippen MR) is 39.1 cm³/mol. The Kier molecular flexibility index (Phi) is 4.54. The van der Waals surface area contributed by atoms with Crippen LogP contribution < -0.4 is 0 Å². The van der Waals surface area contributed by atoms with Crippen LogP contribution >= 0.6 is 0 Å². The number of hydrogen-bond acceptors (Lipinski definition) is 4. The number of ether oxygens (including phenoxy) is 1. The molecule has 0 saturated carbocycles. The Morgan fingerprint density at radius 1 is 1.69 bits per heavy atom. The molecule has 0 rings (SSSR count). The van der Waals surface area contributed by atoms with Crippen LogP contribution in [0.3, 0.4) is 0 Å². The van der Waals surface area contributed by atoms with E-state index in [2.05, 4.69) is 16.3 Å². The van der Waals surface area contributed by atoms with E-state index in [0.717, 1.165) is 12.2 Å². The number of aliphatic imine (C=N–C) groups is 1. The molecule has 4 nitrogen and oxygen atoms in total. The summed E-state index contributed by atoms with van der Waals surface area (Å²) < 4.78 is 29.1. The second-order valence-electron chi connectivity index (χ2n) is 2.08. The van der Waals surface area contributed by atoms with Gasteiger partial charge in [-0.1, -0.05) is 6.58 Å². The number of isocyanates is 1. The van der Waals surface area contributed by atoms with Crippen LogP contribution in [-0.2, 0) is 14.3 Å². The summed E-state index contributed by atoms with van der Waals surface area (Å²) in [7, 11) is 0. The van der Waals surface area contributed by atoms with Gasteiger partial charge >= 0.3 is 11.9 Å². The van der Waals surface area contributed by atoms with Crippen molar-refractivity contribution in [2.45, 2.75) is 5.92 Å². The lowest BCUT2D eigenvalue weighted by Crippen LogP contribution is -2.28. The zero-order valence-electron chi connectivity index (χ0n) is 6.63. The lowest BCUT2D eigenvalue weighted by molar-refractivity contribution is -0.148. The van der Waals surface area contributed by atoms with Gasteiger partial charge in [0.15, 0.2) is 6.61 Å². The van der Waals surface area contributed by atoms with E-state index in [4.69, 9.17) is 0 Å². The summed E-state index contributed by atoms with van der Waals surface area (Å²) in [5.74, 6) is -4.29. The van der Waals surface area contributed by atoms with Crippen molar-refractivity contribution in [2.75, 3.05) is 13.2 Å². The molecule has 0 aliphatic heterocycles. The fourth-order valence-electron chi connectivity index (χ4n) is 0.429. The van der Waals surface area contributed by atoms with Crippen molar-refractivity contribution >= 4 is 12.0 Å². The molecule has 0 aliphatic carbocycles. The van der Waals surface area contributed by atoms with Crippen molar-refractivity contribution in [1.29, 1.82) is 0 Å². The van der Waals surface area contributed by atoms with Gasteiger partial charge in [-0.25, -0.2) is 18.4 Å². The summed E-state index contributed by atoms with van der Waals surface area (Å²) in [6.45, 7) is 0.855. The Hall–Kier alpha value is -1.55. The van der Waals surface area contributed by atoms with E-state index in [-0.39, 0.29) is 0 Å². The van der Waals surface area contributed by atoms with E-state index in [1.807, 2.05) is 0 Å². The molecule has 0 aliphatic rings. The van der Waals surface area contributed by atoms with E-state index in [1.165, 1.54) is 0 Å². The van der Waals surface area contributed by atoms with Gasteiger partial charge in [-0.05, 0) is 0 Å². The van der Waals surface area contributed by atoms with Crippen LogP contribution in [-0.4, -0.2) is 31.1 Å². The first-order valence-corrected chi connectivity index (χ1v) is 3.22. The highest BCUT2D eigenvalue weighted by Gasteiger charge is 2.30. The molecule has 0 unspecified atom stereocenters. The minimum absolute atomic E-state index is 0.763. The van der Waals surface area contributed by atoms with Gasteiger partial charge in [-0.2, -0.15) is 4.99 Å². The van der Waals surface area contributed by atoms with Crippen molar-refractivity contribution in [3.8, 4) is 0 Å². The van der Waals surface area contributed by atoms with E-state index >= 15 is 0 Å². The average Bonchev–Trinajstić information content (AvgIpc) is 2.11. The van der Waals surface area contributed by atoms with Crippen LogP contribution in [0.2, 0.25) is 0 Å². The van der Waals surface area contributed by atoms with Crippen LogP contribution in [0.25, 0.3) is 0 Å². The molecule has 72 valence electrons. The van der Waals surface area contributed by atoms with Gasteiger partial charge in [0, 0.05) is 6.08 Å². The monoisotopic (exact) mass is 191 g/mol. The third-order valence-corrected chi connectivity index (χ3v) is 0.967. The maximum atomic E-state index is 12.5. The summed E-state index contributed by atoms with van der Waals surface area (Å²) >= 11 is 0. The summed E-state index contributed by atoms with van der Waals surface area (Å²) in [4.78, 5) is 22.5. The predicted octanol–water partition coefficient (Wildman–Crippen LogP) is 0.687. The van der Waals surface area contributed by atoms with E-state index in [9.17, 15) is 18.4 Å². The zero-order chi connectivity index (χ0) is 10.3. The van der Waals surface area contributed by atoms with E-state index in [1.54, 1.807) is 0 Å². The first kappa shape index (κ1) is 11.4. The van der Waals surface area contributed by atoms with Crippen molar-refractivity contribution in [3.05, 3.63) is 12.7 Å². The maximum Gasteiger partial charge on any atom is 0.330 e. The van der Waals surface area contributed by atoms with Crippen molar-refractivity contribution in [3.63, 3.8) is 0 Å². The van der Waals surface area contributed by atoms with Crippen LogP contribution in [0.1, 0.15) is 0 Å². The SMILES string of the molecule is C=CC(=O)OCC(F)(F)CN=C=O. The molecule has 0 aromatic rings. The van der Waals surface area contributed by atoms with Crippen LogP contribution in [0.15, 0.2) is 17.6 Å². The quantitative estimate of drug-likeness (QED) is 0.278. The second kappa shape index (κ2) is 5.16. The molecule has 0 N–H and O–H groups in total. The normalized spacial score (nSPS) is 10.0. The van der Waals surface area contributed by atoms with E-state index in [0.29, 0.717) is 0 Å². The molecular formula is C7H7F2NO3. The molecule has 0 aromatic heterocycles. The number of alkyl halides is 2. The number of nitrogens with zero attached hydrogens (tertiary/aromatic N) is 1. The van der Waals surface area contributed by atoms with Gasteiger partial charge in [-0.15, -0.1) is 0 Å². The summed E-state index contributed by atoms with van der Waals surface area (Å²) in [6, 6.07) is 0. The Labute approximate surface area is 72.9 Å². The number of rotatable bonds is 5. The van der Waals surface area contributed by atoms with Gasteiger partial charge < -0.3 is 4.74 Å². The zero-order valence-corrected chi connectivity index (χ0v) is 6.63. The van der Waals surface area contributed by atoms with Gasteiger partial charge in [-0.3, -0.25) is 0 Å². The Morgan fingerprint density at radius 3 is 2.77 bits per heavy atom. The highest BCUT2D eigenvalue weighted by atomic mass is 19.3. The highest BCUT2D eigenvalue weighted by molar-refractivity contribution is 5.81. The minimum atomic E-state index is -3.34. The third-order valence-electron chi connectivity index (χ3n) is 0.967. The molecule has 6 heteroatoms. The fraction of sp³-hybridized carbons (Fsp3) is 0.429. The number of halogens is 2. The first-order chi connectivity index (χ1) is 6.02. The van der Waals surface area contributed by atoms with Gasteiger partial charge in [0.2, 0.25) is 6.08 Å². The van der Waals surface area contributed by atoms with Gasteiger partial charge in [0.05, 0.1) is 0 Å². The largest absolute Gasteiger partial charge is 0.456 e. The number of hydrogen-bond donors (Lipinski definition) is 0. The lowest BCUT2D eigenvalue weighted by atomic mass is 10.4. The standard InChI is InChI=1S/C7H7F2NO3/c1-2-6(12)13-4-7(8,9)3-10-5-11/h2H,1,3-4H2. The maximum absolute atomic E-state index is 12.5. The molecule has 0 saturated heterocycles. The molecule has 0 spiro atoms. The highest BCUT2D eigenvalue weighted by Crippen LogP contribution is 2.13. The molecular weight excluding hydrogens is 184 g/mol. The van der Waals surface area contributed by atoms with Crippen molar-refractivity contribution < 1.29 is 23.1 Å². The summed E-state index contributed by atoms with van der Waals surface area (Å²) in [6.07, 6.45) is 1.72. The number of carbonyl (C=O) groups is 1. The van der Waals surface area contributed by atoms with Crippen molar-refractivity contribution in [1.82, 2.24) is 0 Å². The Morgan fingerprint density at radius 2 is 2.31 bits per heavy atom. The minimum Gasteiger partial charge on any atom is -0.456 e. The Bertz CT molecular complexity index is 246. The molecule has 0 bridgehead atoms. The molecule has 0 amide bonds. The number of esters is 1. The second-order valence-corrected chi connectivity index (χ2v) is 2.08. The average molecular weight is 191 g/mol.